The van der Waals surface area contributed by atoms with Gasteiger partial charge in [0, 0.05) is 12.3 Å². The van der Waals surface area contributed by atoms with Crippen LogP contribution >= 0.6 is 0 Å². The van der Waals surface area contributed by atoms with Gasteiger partial charge in [-0.2, -0.15) is 0 Å². The molecule has 202 valence electrons. The summed E-state index contributed by atoms with van der Waals surface area (Å²) in [5.74, 6) is 0.546. The fraction of sp³-hybridized carbons (Fsp3) is 0.875. The first-order chi connectivity index (χ1) is 16.5. The average molecular weight is 499 g/mol. The monoisotopic (exact) mass is 498 g/mol. The van der Waals surface area contributed by atoms with Gasteiger partial charge >= 0.3 is 11.9 Å². The molecule has 4 saturated carbocycles. The van der Waals surface area contributed by atoms with E-state index in [4.69, 9.17) is 4.74 Å². The maximum Gasteiger partial charge on any atom is 0.310 e. The van der Waals surface area contributed by atoms with E-state index >= 15 is 0 Å². The quantitative estimate of drug-likeness (QED) is 0.311. The number of carboxylic acids is 1. The predicted molar refractivity (Wildman–Crippen MR) is 142 cm³/mol. The van der Waals surface area contributed by atoms with Crippen molar-refractivity contribution in [3.63, 3.8) is 0 Å². The smallest absolute Gasteiger partial charge is 0.310 e. The highest BCUT2D eigenvalue weighted by Crippen LogP contribution is 2.75. The highest BCUT2D eigenvalue weighted by molar-refractivity contribution is 5.76. The van der Waals surface area contributed by atoms with Crippen LogP contribution in [-0.4, -0.2) is 23.1 Å². The van der Waals surface area contributed by atoms with E-state index in [1.807, 2.05) is 0 Å². The molecule has 0 aromatic heterocycles. The lowest BCUT2D eigenvalue weighted by Crippen LogP contribution is -2.65. The predicted octanol–water partition coefficient (Wildman–Crippen LogP) is 7.80. The van der Waals surface area contributed by atoms with E-state index < -0.39 is 11.4 Å². The summed E-state index contributed by atoms with van der Waals surface area (Å²) in [6.45, 7) is 18.5. The van der Waals surface area contributed by atoms with Crippen LogP contribution in [-0.2, 0) is 14.3 Å². The third kappa shape index (κ3) is 3.30. The molecule has 1 N–H and O–H groups in total. The molecule has 0 spiro atoms. The number of hydrogen-bond donors (Lipinski definition) is 1. The minimum absolute atomic E-state index is 0.00181. The Balaban J connectivity index is 1.55. The van der Waals surface area contributed by atoms with E-state index in [1.54, 1.807) is 6.92 Å². The molecule has 4 fully saturated rings. The summed E-state index contributed by atoms with van der Waals surface area (Å²) in [6, 6.07) is 0. The molecule has 0 aromatic carbocycles. The Morgan fingerprint density at radius 1 is 0.889 bits per heavy atom. The number of hydrogen-bond acceptors (Lipinski definition) is 3. The van der Waals surface area contributed by atoms with Gasteiger partial charge in [-0.1, -0.05) is 60.1 Å². The number of carboxylic acid groups (broad SMARTS) is 1. The molecule has 0 saturated heterocycles. The fourth-order valence-electron chi connectivity index (χ4n) is 11.0. The van der Waals surface area contributed by atoms with Crippen LogP contribution in [0.1, 0.15) is 120 Å². The molecular weight excluding hydrogens is 448 g/mol. The van der Waals surface area contributed by atoms with Crippen LogP contribution in [0.5, 0.6) is 0 Å². The van der Waals surface area contributed by atoms with Gasteiger partial charge in [0.1, 0.15) is 6.10 Å². The average Bonchev–Trinajstić information content (AvgIpc) is 2.75. The lowest BCUT2D eigenvalue weighted by atomic mass is 9.33. The van der Waals surface area contributed by atoms with Crippen molar-refractivity contribution in [2.75, 3.05) is 0 Å². The molecule has 0 heterocycles. The van der Waals surface area contributed by atoms with Crippen molar-refractivity contribution in [2.24, 2.45) is 50.2 Å². The summed E-state index contributed by atoms with van der Waals surface area (Å²) < 4.78 is 5.87. The number of aliphatic carboxylic acids is 1. The van der Waals surface area contributed by atoms with Gasteiger partial charge in [0.15, 0.2) is 0 Å². The number of fused-ring (bicyclic) bond motifs is 7. The van der Waals surface area contributed by atoms with E-state index in [-0.39, 0.29) is 45.1 Å². The van der Waals surface area contributed by atoms with Crippen LogP contribution < -0.4 is 0 Å². The third-order valence-corrected chi connectivity index (χ3v) is 13.3. The number of carbonyl (C=O) groups is 2. The van der Waals surface area contributed by atoms with Crippen LogP contribution in [0.15, 0.2) is 11.6 Å². The zero-order valence-corrected chi connectivity index (χ0v) is 24.1. The van der Waals surface area contributed by atoms with Crippen LogP contribution in [0.4, 0.5) is 0 Å². The van der Waals surface area contributed by atoms with E-state index in [9.17, 15) is 14.7 Å². The molecule has 8 atom stereocenters. The summed E-state index contributed by atoms with van der Waals surface area (Å²) in [4.78, 5) is 24.7. The third-order valence-electron chi connectivity index (χ3n) is 13.3. The van der Waals surface area contributed by atoms with Crippen LogP contribution in [0.25, 0.3) is 0 Å². The summed E-state index contributed by atoms with van der Waals surface area (Å²) in [5, 5.41) is 10.5. The van der Waals surface area contributed by atoms with Crippen LogP contribution in [0.3, 0.4) is 0 Å². The molecule has 36 heavy (non-hydrogen) atoms. The van der Waals surface area contributed by atoms with E-state index in [0.717, 1.165) is 57.8 Å². The van der Waals surface area contributed by atoms with Crippen molar-refractivity contribution in [2.45, 2.75) is 126 Å². The van der Waals surface area contributed by atoms with Crippen LogP contribution in [0.2, 0.25) is 0 Å². The first-order valence-electron chi connectivity index (χ1n) is 14.6. The van der Waals surface area contributed by atoms with Gasteiger partial charge in [0.2, 0.25) is 0 Å². The Morgan fingerprint density at radius 2 is 1.56 bits per heavy atom. The van der Waals surface area contributed by atoms with Gasteiger partial charge in [0.25, 0.3) is 0 Å². The highest BCUT2D eigenvalue weighted by atomic mass is 16.5. The van der Waals surface area contributed by atoms with Crippen LogP contribution in [0, 0.1) is 50.2 Å². The van der Waals surface area contributed by atoms with Crippen molar-refractivity contribution in [1.29, 1.82) is 0 Å². The molecule has 5 aliphatic rings. The maximum absolute atomic E-state index is 12.8. The first kappa shape index (κ1) is 26.3. The van der Waals surface area contributed by atoms with Gasteiger partial charge < -0.3 is 9.84 Å². The number of esters is 1. The fourth-order valence-corrected chi connectivity index (χ4v) is 11.0. The van der Waals surface area contributed by atoms with Crippen molar-refractivity contribution >= 4 is 11.9 Å². The number of ether oxygens (including phenoxy) is 1. The molecule has 0 unspecified atom stereocenters. The summed E-state index contributed by atoms with van der Waals surface area (Å²) in [6.07, 6.45) is 12.6. The standard InChI is InChI=1S/C32H50O4/c1-20(33)36-25-12-13-29(6)23(28(25,4)5)11-14-31(8)24(29)10-9-21-22-19-27(2,3)15-17-32(22,26(34)35)18-16-30(21,31)7/h9,22-25H,10-19H2,1-8H3,(H,34,35)/t22-,23-,24-,25+,29-,30+,31-,32-/m0/s1. The van der Waals surface area contributed by atoms with Gasteiger partial charge in [-0.15, -0.1) is 0 Å². The zero-order chi connectivity index (χ0) is 26.5. The summed E-state index contributed by atoms with van der Waals surface area (Å²) in [7, 11) is 0. The molecule has 0 amide bonds. The normalized spacial score (nSPS) is 48.8. The molecule has 4 heteroatoms. The summed E-state index contributed by atoms with van der Waals surface area (Å²) in [5.41, 5.74) is 1.50. The van der Waals surface area contributed by atoms with Gasteiger partial charge in [-0.05, 0) is 104 Å². The molecule has 0 radical (unpaired) electrons. The van der Waals surface area contributed by atoms with Crippen molar-refractivity contribution < 1.29 is 19.4 Å². The Labute approximate surface area is 219 Å². The zero-order valence-electron chi connectivity index (χ0n) is 24.1. The molecule has 5 rings (SSSR count). The maximum atomic E-state index is 12.8. The Hall–Kier alpha value is -1.32. The van der Waals surface area contributed by atoms with Gasteiger partial charge in [-0.3, -0.25) is 9.59 Å². The SMILES string of the molecule is CC(=O)O[C@@H]1CC[C@@]2(C)[C@@H](CC[C@@]3(C)[C@H]2CC=C2[C@@H]4CC(C)(C)CC[C@]4(C(=O)O)CC[C@]23C)C1(C)C. The molecular formula is C32H50O4. The lowest BCUT2D eigenvalue weighted by Gasteiger charge is -2.71. The van der Waals surface area contributed by atoms with E-state index in [2.05, 4.69) is 54.5 Å². The minimum Gasteiger partial charge on any atom is -0.481 e. The molecule has 0 aromatic rings. The van der Waals surface area contributed by atoms with Gasteiger partial charge in [-0.25, -0.2) is 0 Å². The Kier molecular flexibility index (Phi) is 5.74. The largest absolute Gasteiger partial charge is 0.481 e. The molecule has 4 nitrogen and oxygen atoms in total. The van der Waals surface area contributed by atoms with Gasteiger partial charge in [0.05, 0.1) is 5.41 Å². The second kappa shape index (κ2) is 7.85. The van der Waals surface area contributed by atoms with Crippen molar-refractivity contribution in [3.8, 4) is 0 Å². The number of carbonyl (C=O) groups excluding carboxylic acids is 1. The second-order valence-electron chi connectivity index (χ2n) is 15.6. The number of allylic oxidation sites excluding steroid dienone is 2. The highest BCUT2D eigenvalue weighted by Gasteiger charge is 2.69. The van der Waals surface area contributed by atoms with E-state index in [1.165, 1.54) is 12.0 Å². The topological polar surface area (TPSA) is 63.6 Å². The molecule has 0 aliphatic heterocycles. The van der Waals surface area contributed by atoms with Crippen molar-refractivity contribution in [1.82, 2.24) is 0 Å². The summed E-state index contributed by atoms with van der Waals surface area (Å²) >= 11 is 0. The Morgan fingerprint density at radius 3 is 2.19 bits per heavy atom. The van der Waals surface area contributed by atoms with E-state index in [0.29, 0.717) is 11.8 Å². The number of rotatable bonds is 2. The first-order valence-corrected chi connectivity index (χ1v) is 14.6. The van der Waals surface area contributed by atoms with Crippen molar-refractivity contribution in [3.05, 3.63) is 11.6 Å². The molecule has 0 bridgehead atoms. The minimum atomic E-state index is -0.574. The lowest BCUT2D eigenvalue weighted by molar-refractivity contribution is -0.213. The second-order valence-corrected chi connectivity index (χ2v) is 15.6. The molecule has 5 aliphatic carbocycles. The Bertz CT molecular complexity index is 992.